The lowest BCUT2D eigenvalue weighted by Crippen LogP contribution is -2.34. The van der Waals surface area contributed by atoms with Gasteiger partial charge in [-0.3, -0.25) is 4.99 Å². The van der Waals surface area contributed by atoms with Gasteiger partial charge in [0.2, 0.25) is 0 Å². The summed E-state index contributed by atoms with van der Waals surface area (Å²) in [5.41, 5.74) is 1.18. The van der Waals surface area contributed by atoms with E-state index in [1.165, 1.54) is 5.56 Å². The highest BCUT2D eigenvalue weighted by Crippen LogP contribution is 2.08. The third kappa shape index (κ3) is 5.20. The van der Waals surface area contributed by atoms with E-state index in [4.69, 9.17) is 0 Å². The summed E-state index contributed by atoms with van der Waals surface area (Å²) in [6, 6.07) is 4.04. The fourth-order valence-corrected chi connectivity index (χ4v) is 1.28. The summed E-state index contributed by atoms with van der Waals surface area (Å²) in [5, 5.41) is 6.17. The lowest BCUT2D eigenvalue weighted by molar-refractivity contribution is 0.862. The molecular weight excluding hydrogens is 329 g/mol. The molecule has 0 bridgehead atoms. The fourth-order valence-electron chi connectivity index (χ4n) is 1.28. The number of rotatable bonds is 3. The largest absolute Gasteiger partial charge is 0.363 e. The van der Waals surface area contributed by atoms with Crippen LogP contribution in [0.3, 0.4) is 0 Å². The first-order valence-electron chi connectivity index (χ1n) is 5.18. The maximum Gasteiger partial charge on any atom is 0.190 e. The van der Waals surface area contributed by atoms with E-state index in [-0.39, 0.29) is 24.0 Å². The summed E-state index contributed by atoms with van der Waals surface area (Å²) >= 11 is 0. The van der Waals surface area contributed by atoms with Gasteiger partial charge in [-0.1, -0.05) is 0 Å². The molecule has 96 valence electrons. The second-order valence-corrected chi connectivity index (χ2v) is 3.59. The van der Waals surface area contributed by atoms with Gasteiger partial charge >= 0.3 is 0 Å². The minimum Gasteiger partial charge on any atom is -0.363 e. The van der Waals surface area contributed by atoms with E-state index in [1.807, 2.05) is 38.3 Å². The van der Waals surface area contributed by atoms with Crippen molar-refractivity contribution in [2.45, 2.75) is 6.54 Å². The van der Waals surface area contributed by atoms with E-state index in [0.29, 0.717) is 0 Å². The number of hydrogen-bond acceptors (Lipinski definition) is 3. The Bertz CT molecular complexity index is 365. The van der Waals surface area contributed by atoms with E-state index < -0.39 is 0 Å². The van der Waals surface area contributed by atoms with Crippen molar-refractivity contribution in [2.24, 2.45) is 4.99 Å². The molecule has 0 radical (unpaired) electrons. The van der Waals surface area contributed by atoms with Gasteiger partial charge in [-0.15, -0.1) is 24.0 Å². The Hall–Kier alpha value is -1.05. The normalized spacial score (nSPS) is 10.5. The van der Waals surface area contributed by atoms with Gasteiger partial charge in [-0.2, -0.15) is 0 Å². The topological polar surface area (TPSA) is 52.6 Å². The first-order chi connectivity index (χ1) is 7.67. The van der Waals surface area contributed by atoms with Crippen molar-refractivity contribution in [3.63, 3.8) is 0 Å². The molecule has 5 nitrogen and oxygen atoms in total. The molecule has 17 heavy (non-hydrogen) atoms. The average Bonchev–Trinajstić information content (AvgIpc) is 2.31. The Balaban J connectivity index is 0.00000256. The smallest absolute Gasteiger partial charge is 0.190 e. The van der Waals surface area contributed by atoms with Gasteiger partial charge in [-0.25, -0.2) is 4.98 Å². The lowest BCUT2D eigenvalue weighted by atomic mass is 10.2. The number of nitrogens with one attached hydrogen (secondary N) is 2. The van der Waals surface area contributed by atoms with Gasteiger partial charge in [0.15, 0.2) is 5.96 Å². The van der Waals surface area contributed by atoms with E-state index in [2.05, 4.69) is 26.7 Å². The zero-order valence-corrected chi connectivity index (χ0v) is 13.0. The monoisotopic (exact) mass is 349 g/mol. The Morgan fingerprint density at radius 3 is 2.71 bits per heavy atom. The van der Waals surface area contributed by atoms with Crippen molar-refractivity contribution in [3.8, 4) is 0 Å². The molecule has 1 rings (SSSR count). The number of hydrogen-bond donors (Lipinski definition) is 2. The fraction of sp³-hybridized carbons (Fsp3) is 0.455. The molecule has 0 amide bonds. The summed E-state index contributed by atoms with van der Waals surface area (Å²) in [6.07, 6.45) is 1.81. The van der Waals surface area contributed by atoms with Crippen molar-refractivity contribution < 1.29 is 0 Å². The SMILES string of the molecule is CN=C(NC)NCc1ccnc(N(C)C)c1.I. The summed E-state index contributed by atoms with van der Waals surface area (Å²) in [6.45, 7) is 0.733. The number of aromatic nitrogens is 1. The molecule has 0 unspecified atom stereocenters. The van der Waals surface area contributed by atoms with Crippen molar-refractivity contribution in [3.05, 3.63) is 23.9 Å². The molecular formula is C11H20IN5. The molecule has 1 aromatic rings. The van der Waals surface area contributed by atoms with Crippen LogP contribution in [0.5, 0.6) is 0 Å². The zero-order chi connectivity index (χ0) is 12.0. The third-order valence-corrected chi connectivity index (χ3v) is 2.19. The van der Waals surface area contributed by atoms with Gasteiger partial charge < -0.3 is 15.5 Å². The molecule has 0 aromatic carbocycles. The van der Waals surface area contributed by atoms with Gasteiger partial charge in [0.25, 0.3) is 0 Å². The number of nitrogens with zero attached hydrogens (tertiary/aromatic N) is 3. The van der Waals surface area contributed by atoms with Crippen LogP contribution in [0.15, 0.2) is 23.3 Å². The van der Waals surface area contributed by atoms with Crippen LogP contribution >= 0.6 is 24.0 Å². The number of pyridine rings is 1. The van der Waals surface area contributed by atoms with Crippen LogP contribution < -0.4 is 15.5 Å². The standard InChI is InChI=1S/C11H19N5.HI/c1-12-11(13-2)15-8-9-5-6-14-10(7-9)16(3)4;/h5-7H,8H2,1-4H3,(H2,12,13,15);1H. The number of anilines is 1. The number of halogens is 1. The molecule has 0 aliphatic heterocycles. The Morgan fingerprint density at radius 2 is 2.18 bits per heavy atom. The molecule has 1 aromatic heterocycles. The molecule has 0 saturated heterocycles. The Kier molecular flexibility index (Phi) is 7.60. The molecule has 0 fully saturated rings. The van der Waals surface area contributed by atoms with E-state index in [1.54, 1.807) is 7.05 Å². The van der Waals surface area contributed by atoms with Crippen LogP contribution in [0.2, 0.25) is 0 Å². The second-order valence-electron chi connectivity index (χ2n) is 3.59. The van der Waals surface area contributed by atoms with E-state index in [9.17, 15) is 0 Å². The minimum absolute atomic E-state index is 0. The summed E-state index contributed by atoms with van der Waals surface area (Å²) < 4.78 is 0. The quantitative estimate of drug-likeness (QED) is 0.487. The molecule has 0 saturated carbocycles. The van der Waals surface area contributed by atoms with E-state index in [0.717, 1.165) is 18.3 Å². The second kappa shape index (κ2) is 8.10. The summed E-state index contributed by atoms with van der Waals surface area (Å²) in [5.74, 6) is 1.74. The van der Waals surface area contributed by atoms with Gasteiger partial charge in [-0.05, 0) is 17.7 Å². The van der Waals surface area contributed by atoms with Gasteiger partial charge in [0, 0.05) is 40.9 Å². The Morgan fingerprint density at radius 1 is 1.47 bits per heavy atom. The molecule has 0 aliphatic carbocycles. The number of guanidine groups is 1. The van der Waals surface area contributed by atoms with Crippen LogP contribution in [0.25, 0.3) is 0 Å². The number of aliphatic imine (C=N–C) groups is 1. The van der Waals surface area contributed by atoms with Crippen LogP contribution in [0.1, 0.15) is 5.56 Å². The van der Waals surface area contributed by atoms with Crippen LogP contribution in [0, 0.1) is 0 Å². The average molecular weight is 349 g/mol. The van der Waals surface area contributed by atoms with E-state index >= 15 is 0 Å². The van der Waals surface area contributed by atoms with Crippen LogP contribution in [-0.2, 0) is 6.54 Å². The van der Waals surface area contributed by atoms with Gasteiger partial charge in [0.05, 0.1) is 0 Å². The predicted octanol–water partition coefficient (Wildman–Crippen LogP) is 1.06. The third-order valence-electron chi connectivity index (χ3n) is 2.19. The highest BCUT2D eigenvalue weighted by Gasteiger charge is 1.99. The van der Waals surface area contributed by atoms with Crippen molar-refractivity contribution >= 4 is 35.8 Å². The maximum absolute atomic E-state index is 4.26. The molecule has 0 spiro atoms. The minimum atomic E-state index is 0. The van der Waals surface area contributed by atoms with Crippen molar-refractivity contribution in [1.82, 2.24) is 15.6 Å². The molecule has 1 heterocycles. The predicted molar refractivity (Wildman–Crippen MR) is 83.2 cm³/mol. The lowest BCUT2D eigenvalue weighted by Gasteiger charge is -2.13. The maximum atomic E-state index is 4.26. The molecule has 0 atom stereocenters. The molecule has 0 aliphatic rings. The molecule has 2 N–H and O–H groups in total. The summed E-state index contributed by atoms with van der Waals surface area (Å²) in [4.78, 5) is 10.3. The summed E-state index contributed by atoms with van der Waals surface area (Å²) in [7, 11) is 7.54. The highest BCUT2D eigenvalue weighted by molar-refractivity contribution is 14.0. The van der Waals surface area contributed by atoms with Gasteiger partial charge in [0.1, 0.15) is 5.82 Å². The van der Waals surface area contributed by atoms with Crippen LogP contribution in [0.4, 0.5) is 5.82 Å². The Labute approximate surface area is 120 Å². The van der Waals surface area contributed by atoms with Crippen molar-refractivity contribution in [2.75, 3.05) is 33.1 Å². The first-order valence-corrected chi connectivity index (χ1v) is 5.18. The first kappa shape index (κ1) is 16.0. The zero-order valence-electron chi connectivity index (χ0n) is 10.7. The van der Waals surface area contributed by atoms with Crippen LogP contribution in [-0.4, -0.2) is 39.1 Å². The molecule has 6 heteroatoms. The van der Waals surface area contributed by atoms with Crippen molar-refractivity contribution in [1.29, 1.82) is 0 Å². The highest BCUT2D eigenvalue weighted by atomic mass is 127.